The molecule has 36 heavy (non-hydrogen) atoms. The fraction of sp³-hybridized carbons (Fsp3) is 0.417. The lowest BCUT2D eigenvalue weighted by molar-refractivity contribution is -0.274. The molecule has 1 saturated heterocycles. The van der Waals surface area contributed by atoms with E-state index in [1.165, 1.54) is 28.3 Å². The number of aryl methyl sites for hydroxylation is 1. The van der Waals surface area contributed by atoms with Gasteiger partial charge in [-0.1, -0.05) is 0 Å². The van der Waals surface area contributed by atoms with E-state index >= 15 is 0 Å². The Kier molecular flexibility index (Phi) is 6.79. The number of halogens is 3. The first-order chi connectivity index (χ1) is 16.9. The first-order valence-corrected chi connectivity index (χ1v) is 11.4. The number of nitrogens with zero attached hydrogens (tertiary/aromatic N) is 4. The molecule has 0 unspecified atom stereocenters. The molecule has 192 valence electrons. The molecule has 1 amide bonds. The van der Waals surface area contributed by atoms with Gasteiger partial charge in [0.05, 0.1) is 11.6 Å². The van der Waals surface area contributed by atoms with Crippen molar-refractivity contribution in [2.75, 3.05) is 13.1 Å². The number of fused-ring (bicyclic) bond motifs is 1. The molecular formula is C24H25F3N4O5. The molecule has 0 N–H and O–H groups in total. The Balaban J connectivity index is 1.56. The zero-order valence-electron chi connectivity index (χ0n) is 19.9. The van der Waals surface area contributed by atoms with Crippen molar-refractivity contribution in [3.8, 4) is 11.6 Å². The maximum atomic E-state index is 13.0. The van der Waals surface area contributed by atoms with E-state index in [-0.39, 0.29) is 36.7 Å². The Bertz CT molecular complexity index is 1390. The van der Waals surface area contributed by atoms with Crippen LogP contribution < -0.4 is 20.6 Å². The van der Waals surface area contributed by atoms with E-state index in [1.807, 2.05) is 13.8 Å². The zero-order valence-corrected chi connectivity index (χ0v) is 19.9. The Morgan fingerprint density at radius 2 is 1.67 bits per heavy atom. The van der Waals surface area contributed by atoms with Crippen molar-refractivity contribution in [1.82, 2.24) is 19.0 Å². The van der Waals surface area contributed by atoms with Crippen LogP contribution in [0.3, 0.4) is 0 Å². The fourth-order valence-corrected chi connectivity index (χ4v) is 4.27. The largest absolute Gasteiger partial charge is 0.573 e. The van der Waals surface area contributed by atoms with Gasteiger partial charge in [-0.15, -0.1) is 13.2 Å². The number of piperidine rings is 1. The highest BCUT2D eigenvalue weighted by Gasteiger charge is 2.31. The SMILES string of the molecule is CC(C)Oc1ccc2c(n1)n(C1CCN(C(=O)c3ccc(OC(F)(F)F)cc3)CC1)c(=O)c(=O)n2C. The highest BCUT2D eigenvalue weighted by Crippen LogP contribution is 2.27. The minimum absolute atomic E-state index is 0.133. The first-order valence-electron chi connectivity index (χ1n) is 11.4. The molecule has 3 heterocycles. The van der Waals surface area contributed by atoms with E-state index < -0.39 is 23.2 Å². The minimum atomic E-state index is -4.81. The number of ether oxygens (including phenoxy) is 2. The van der Waals surface area contributed by atoms with E-state index in [2.05, 4.69) is 9.72 Å². The summed E-state index contributed by atoms with van der Waals surface area (Å²) < 4.78 is 49.2. The van der Waals surface area contributed by atoms with Gasteiger partial charge in [0.15, 0.2) is 5.65 Å². The van der Waals surface area contributed by atoms with Gasteiger partial charge in [-0.25, -0.2) is 0 Å². The van der Waals surface area contributed by atoms with Gasteiger partial charge in [-0.05, 0) is 57.0 Å². The van der Waals surface area contributed by atoms with Gasteiger partial charge < -0.3 is 18.9 Å². The number of benzene rings is 1. The Labute approximate surface area is 203 Å². The van der Waals surface area contributed by atoms with Gasteiger partial charge in [0.1, 0.15) is 5.75 Å². The average molecular weight is 506 g/mol. The van der Waals surface area contributed by atoms with Gasteiger partial charge in [0.2, 0.25) is 5.88 Å². The molecule has 0 radical (unpaired) electrons. The second-order valence-electron chi connectivity index (χ2n) is 8.79. The number of carbonyl (C=O) groups excluding carboxylic acids is 1. The number of carbonyl (C=O) groups is 1. The normalized spacial score (nSPS) is 14.9. The van der Waals surface area contributed by atoms with Crippen LogP contribution in [-0.2, 0) is 7.05 Å². The Morgan fingerprint density at radius 3 is 2.25 bits per heavy atom. The Hall–Kier alpha value is -3.83. The molecule has 9 nitrogen and oxygen atoms in total. The summed E-state index contributed by atoms with van der Waals surface area (Å²) in [5, 5.41) is 0. The summed E-state index contributed by atoms with van der Waals surface area (Å²) in [5.74, 6) is -0.434. The molecule has 1 aliphatic rings. The van der Waals surface area contributed by atoms with Gasteiger partial charge in [0, 0.05) is 37.8 Å². The first kappa shape index (κ1) is 25.3. The summed E-state index contributed by atoms with van der Waals surface area (Å²) in [4.78, 5) is 44.5. The molecule has 0 bridgehead atoms. The number of likely N-dealkylation sites (tertiary alicyclic amines) is 1. The van der Waals surface area contributed by atoms with Crippen LogP contribution in [0.15, 0.2) is 46.0 Å². The summed E-state index contributed by atoms with van der Waals surface area (Å²) in [6.07, 6.45) is -4.17. The summed E-state index contributed by atoms with van der Waals surface area (Å²) in [5.41, 5.74) is -0.359. The highest BCUT2D eigenvalue weighted by molar-refractivity contribution is 5.94. The van der Waals surface area contributed by atoms with E-state index in [9.17, 15) is 27.6 Å². The van der Waals surface area contributed by atoms with Crippen molar-refractivity contribution in [2.24, 2.45) is 7.05 Å². The lowest BCUT2D eigenvalue weighted by atomic mass is 10.0. The topological polar surface area (TPSA) is 95.7 Å². The van der Waals surface area contributed by atoms with Crippen LogP contribution in [0, 0.1) is 0 Å². The molecular weight excluding hydrogens is 481 g/mol. The van der Waals surface area contributed by atoms with Crippen LogP contribution in [0.1, 0.15) is 43.1 Å². The third-order valence-electron chi connectivity index (χ3n) is 5.93. The van der Waals surface area contributed by atoms with Crippen molar-refractivity contribution in [1.29, 1.82) is 0 Å². The quantitative estimate of drug-likeness (QED) is 0.493. The van der Waals surface area contributed by atoms with Crippen molar-refractivity contribution >= 4 is 17.1 Å². The molecule has 3 aromatic rings. The summed E-state index contributed by atoms with van der Waals surface area (Å²) in [6, 6.07) is 7.67. The third kappa shape index (κ3) is 5.21. The summed E-state index contributed by atoms with van der Waals surface area (Å²) >= 11 is 0. The van der Waals surface area contributed by atoms with Gasteiger partial charge in [-0.3, -0.25) is 19.0 Å². The minimum Gasteiger partial charge on any atom is -0.475 e. The van der Waals surface area contributed by atoms with Crippen molar-refractivity contribution in [3.63, 3.8) is 0 Å². The van der Waals surface area contributed by atoms with Gasteiger partial charge >= 0.3 is 17.5 Å². The van der Waals surface area contributed by atoms with Crippen LogP contribution in [0.4, 0.5) is 13.2 Å². The molecule has 2 aromatic heterocycles. The van der Waals surface area contributed by atoms with E-state index in [4.69, 9.17) is 4.74 Å². The van der Waals surface area contributed by atoms with Crippen LogP contribution in [-0.4, -0.2) is 50.5 Å². The number of amides is 1. The lowest BCUT2D eigenvalue weighted by Gasteiger charge is -2.33. The second kappa shape index (κ2) is 9.67. The summed E-state index contributed by atoms with van der Waals surface area (Å²) in [6.45, 7) is 4.28. The molecule has 12 heteroatoms. The van der Waals surface area contributed by atoms with Crippen molar-refractivity contribution < 1.29 is 27.4 Å². The van der Waals surface area contributed by atoms with Crippen LogP contribution in [0.5, 0.6) is 11.6 Å². The summed E-state index contributed by atoms with van der Waals surface area (Å²) in [7, 11) is 1.51. The molecule has 0 spiro atoms. The maximum Gasteiger partial charge on any atom is 0.573 e. The highest BCUT2D eigenvalue weighted by atomic mass is 19.4. The predicted molar refractivity (Wildman–Crippen MR) is 124 cm³/mol. The van der Waals surface area contributed by atoms with Gasteiger partial charge in [-0.2, -0.15) is 4.98 Å². The molecule has 0 saturated carbocycles. The van der Waals surface area contributed by atoms with Crippen molar-refractivity contribution in [3.05, 3.63) is 62.7 Å². The maximum absolute atomic E-state index is 13.0. The van der Waals surface area contributed by atoms with Crippen LogP contribution in [0.25, 0.3) is 11.2 Å². The van der Waals surface area contributed by atoms with E-state index in [1.54, 1.807) is 17.0 Å². The molecule has 4 rings (SSSR count). The molecule has 0 atom stereocenters. The predicted octanol–water partition coefficient (Wildman–Crippen LogP) is 3.26. The molecule has 1 aromatic carbocycles. The van der Waals surface area contributed by atoms with Crippen LogP contribution >= 0.6 is 0 Å². The Morgan fingerprint density at radius 1 is 1.03 bits per heavy atom. The van der Waals surface area contributed by atoms with Gasteiger partial charge in [0.25, 0.3) is 5.91 Å². The standard InChI is InChI=1S/C24H25F3N4O5/c1-14(2)35-19-9-8-18-20(28-19)31(23(34)22(33)29(18)3)16-10-12-30(13-11-16)21(32)15-4-6-17(7-5-15)36-24(25,26)27/h4-9,14,16H,10-13H2,1-3H3. The van der Waals surface area contributed by atoms with E-state index in [0.29, 0.717) is 29.9 Å². The molecule has 0 aliphatic carbocycles. The second-order valence-corrected chi connectivity index (χ2v) is 8.79. The number of pyridine rings is 1. The number of hydrogen-bond donors (Lipinski definition) is 0. The smallest absolute Gasteiger partial charge is 0.475 e. The fourth-order valence-electron chi connectivity index (χ4n) is 4.27. The monoisotopic (exact) mass is 506 g/mol. The third-order valence-corrected chi connectivity index (χ3v) is 5.93. The number of rotatable bonds is 5. The van der Waals surface area contributed by atoms with E-state index in [0.717, 1.165) is 12.1 Å². The molecule has 1 aliphatic heterocycles. The van der Waals surface area contributed by atoms with Crippen molar-refractivity contribution in [2.45, 2.75) is 45.2 Å². The van der Waals surface area contributed by atoms with Crippen LogP contribution in [0.2, 0.25) is 0 Å². The number of hydrogen-bond acceptors (Lipinski definition) is 6. The molecule has 1 fully saturated rings. The number of alkyl halides is 3. The average Bonchev–Trinajstić information content (AvgIpc) is 2.82. The number of aromatic nitrogens is 3. The lowest BCUT2D eigenvalue weighted by Crippen LogP contribution is -2.46. The zero-order chi connectivity index (χ0) is 26.2.